The van der Waals surface area contributed by atoms with Crippen LogP contribution in [0.5, 0.6) is 0 Å². The Morgan fingerprint density at radius 1 is 0.947 bits per heavy atom. The highest BCUT2D eigenvalue weighted by Crippen LogP contribution is 2.36. The summed E-state index contributed by atoms with van der Waals surface area (Å²) in [7, 11) is 1.80. The number of nitrogens with zero attached hydrogens (tertiary/aromatic N) is 8. The van der Waals surface area contributed by atoms with Crippen molar-refractivity contribution in [3.8, 4) is 11.3 Å². The van der Waals surface area contributed by atoms with Gasteiger partial charge in [-0.3, -0.25) is 9.80 Å². The highest BCUT2D eigenvalue weighted by atomic mass is 16.5. The van der Waals surface area contributed by atoms with Crippen molar-refractivity contribution < 1.29 is 14.3 Å². The van der Waals surface area contributed by atoms with Crippen LogP contribution in [-0.2, 0) is 15.9 Å². The number of nitrogens with two attached hydrogens (primary N) is 1. The Labute approximate surface area is 221 Å². The first-order chi connectivity index (χ1) is 18.6. The Morgan fingerprint density at radius 2 is 1.63 bits per heavy atom. The highest BCUT2D eigenvalue weighted by molar-refractivity contribution is 6.04. The summed E-state index contributed by atoms with van der Waals surface area (Å²) < 4.78 is 11.0. The molecule has 198 valence electrons. The Kier molecular flexibility index (Phi) is 6.64. The summed E-state index contributed by atoms with van der Waals surface area (Å²) >= 11 is 0. The van der Waals surface area contributed by atoms with Gasteiger partial charge in [0, 0.05) is 74.7 Å². The second kappa shape index (κ2) is 10.4. The van der Waals surface area contributed by atoms with E-state index in [0.717, 1.165) is 41.3 Å². The van der Waals surface area contributed by atoms with Gasteiger partial charge in [-0.2, -0.15) is 4.98 Å². The molecule has 0 bridgehead atoms. The van der Waals surface area contributed by atoms with Gasteiger partial charge in [0.05, 0.1) is 32.1 Å². The monoisotopic (exact) mass is 517 g/mol. The summed E-state index contributed by atoms with van der Waals surface area (Å²) in [6, 6.07) is 7.92. The van der Waals surface area contributed by atoms with E-state index < -0.39 is 0 Å². The standard InChI is InChI=1S/C26H31N9O3/c1-32(19-3-2-4-20(15-19)33-7-11-37-12-8-33)26(36)35-6-5-21-22(18-16-28-24(27)29-17-18)30-25(31-23(21)35)34-9-13-38-14-10-34/h2-4,15-17H,5-14H2,1H3,(H2,27,28,29). The first kappa shape index (κ1) is 24.3. The van der Waals surface area contributed by atoms with E-state index in [1.54, 1.807) is 29.2 Å². The molecule has 0 spiro atoms. The predicted octanol–water partition coefficient (Wildman–Crippen LogP) is 1.81. The molecule has 2 N–H and O–H groups in total. The minimum atomic E-state index is -0.144. The van der Waals surface area contributed by atoms with Gasteiger partial charge in [0.15, 0.2) is 0 Å². The van der Waals surface area contributed by atoms with Crippen molar-refractivity contribution in [1.29, 1.82) is 0 Å². The fraction of sp³-hybridized carbons (Fsp3) is 0.423. The fourth-order valence-corrected chi connectivity index (χ4v) is 5.05. The number of morpholine rings is 2. The van der Waals surface area contributed by atoms with E-state index in [-0.39, 0.29) is 12.0 Å². The summed E-state index contributed by atoms with van der Waals surface area (Å²) in [6.45, 7) is 6.14. The van der Waals surface area contributed by atoms with Gasteiger partial charge < -0.3 is 25.0 Å². The number of benzene rings is 1. The Bertz CT molecular complexity index is 1310. The smallest absolute Gasteiger partial charge is 0.329 e. The van der Waals surface area contributed by atoms with Crippen LogP contribution in [0.1, 0.15) is 5.56 Å². The topological polar surface area (TPSA) is 126 Å². The molecule has 2 saturated heterocycles. The number of aromatic nitrogens is 4. The van der Waals surface area contributed by atoms with E-state index in [2.05, 4.69) is 31.9 Å². The molecule has 3 aromatic rings. The molecule has 0 aliphatic carbocycles. The number of ether oxygens (including phenoxy) is 2. The van der Waals surface area contributed by atoms with Crippen LogP contribution in [-0.4, -0.2) is 92.2 Å². The lowest BCUT2D eigenvalue weighted by molar-refractivity contribution is 0.122. The van der Waals surface area contributed by atoms with E-state index in [0.29, 0.717) is 64.2 Å². The summed E-state index contributed by atoms with van der Waals surface area (Å²) in [4.78, 5) is 39.8. The highest BCUT2D eigenvalue weighted by Gasteiger charge is 2.33. The predicted molar refractivity (Wildman–Crippen MR) is 145 cm³/mol. The Balaban J connectivity index is 1.33. The molecule has 6 rings (SSSR count). The van der Waals surface area contributed by atoms with Crippen LogP contribution in [0.4, 0.5) is 33.9 Å². The summed E-state index contributed by atoms with van der Waals surface area (Å²) in [5, 5.41) is 0. The van der Waals surface area contributed by atoms with Crippen LogP contribution in [0.25, 0.3) is 11.3 Å². The van der Waals surface area contributed by atoms with E-state index in [1.807, 2.05) is 12.1 Å². The van der Waals surface area contributed by atoms with Crippen molar-refractivity contribution in [1.82, 2.24) is 19.9 Å². The minimum absolute atomic E-state index is 0.144. The van der Waals surface area contributed by atoms with Gasteiger partial charge in [-0.1, -0.05) is 6.07 Å². The molecule has 0 saturated carbocycles. The molecule has 38 heavy (non-hydrogen) atoms. The first-order valence-electron chi connectivity index (χ1n) is 12.9. The average Bonchev–Trinajstić information content (AvgIpc) is 3.41. The number of hydrogen-bond donors (Lipinski definition) is 1. The number of anilines is 5. The van der Waals surface area contributed by atoms with Crippen LogP contribution in [0, 0.1) is 0 Å². The number of carbonyl (C=O) groups excluding carboxylic acids is 1. The van der Waals surface area contributed by atoms with E-state index in [1.165, 1.54) is 0 Å². The molecular formula is C26H31N9O3. The molecular weight excluding hydrogens is 486 g/mol. The molecule has 1 aromatic carbocycles. The number of amides is 2. The van der Waals surface area contributed by atoms with Crippen LogP contribution < -0.4 is 25.3 Å². The SMILES string of the molecule is CN(C(=O)N1CCc2c(-c3cnc(N)nc3)nc(N3CCOCC3)nc21)c1cccc(N2CCOCC2)c1. The zero-order valence-corrected chi connectivity index (χ0v) is 21.4. The molecule has 2 aromatic heterocycles. The maximum absolute atomic E-state index is 13.9. The number of fused-ring (bicyclic) bond motifs is 1. The quantitative estimate of drug-likeness (QED) is 0.547. The molecule has 3 aliphatic heterocycles. The number of carbonyl (C=O) groups is 1. The maximum Gasteiger partial charge on any atom is 0.329 e. The van der Waals surface area contributed by atoms with E-state index in [4.69, 9.17) is 25.2 Å². The Morgan fingerprint density at radius 3 is 2.34 bits per heavy atom. The molecule has 5 heterocycles. The van der Waals surface area contributed by atoms with E-state index in [9.17, 15) is 4.79 Å². The molecule has 3 aliphatic rings. The first-order valence-corrected chi connectivity index (χ1v) is 12.9. The second-order valence-electron chi connectivity index (χ2n) is 9.47. The normalized spacial score (nSPS) is 17.4. The van der Waals surface area contributed by atoms with Crippen molar-refractivity contribution in [3.05, 3.63) is 42.2 Å². The summed E-state index contributed by atoms with van der Waals surface area (Å²) in [5.74, 6) is 1.38. The number of nitrogen functional groups attached to an aromatic ring is 1. The third kappa shape index (κ3) is 4.68. The van der Waals surface area contributed by atoms with Gasteiger partial charge in [-0.15, -0.1) is 0 Å². The number of hydrogen-bond acceptors (Lipinski definition) is 10. The summed E-state index contributed by atoms with van der Waals surface area (Å²) in [5.41, 5.74) is 10.00. The molecule has 0 unspecified atom stereocenters. The summed E-state index contributed by atoms with van der Waals surface area (Å²) in [6.07, 6.45) is 3.97. The van der Waals surface area contributed by atoms with Crippen molar-refractivity contribution in [3.63, 3.8) is 0 Å². The lowest BCUT2D eigenvalue weighted by atomic mass is 10.1. The van der Waals surface area contributed by atoms with Crippen molar-refractivity contribution in [2.24, 2.45) is 0 Å². The van der Waals surface area contributed by atoms with Gasteiger partial charge in [0.25, 0.3) is 0 Å². The fourth-order valence-electron chi connectivity index (χ4n) is 5.05. The third-order valence-corrected chi connectivity index (χ3v) is 7.16. The molecule has 12 nitrogen and oxygen atoms in total. The van der Waals surface area contributed by atoms with Crippen molar-refractivity contribution in [2.45, 2.75) is 6.42 Å². The molecule has 2 amide bonds. The average molecular weight is 518 g/mol. The van der Waals surface area contributed by atoms with Gasteiger partial charge in [-0.25, -0.2) is 19.7 Å². The second-order valence-corrected chi connectivity index (χ2v) is 9.47. The van der Waals surface area contributed by atoms with Gasteiger partial charge in [-0.05, 0) is 24.6 Å². The van der Waals surface area contributed by atoms with E-state index >= 15 is 0 Å². The molecule has 0 atom stereocenters. The van der Waals surface area contributed by atoms with Crippen LogP contribution in [0.3, 0.4) is 0 Å². The Hall–Kier alpha value is -4.03. The molecule has 2 fully saturated rings. The third-order valence-electron chi connectivity index (χ3n) is 7.16. The largest absolute Gasteiger partial charge is 0.378 e. The zero-order valence-electron chi connectivity index (χ0n) is 21.4. The number of rotatable bonds is 4. The molecule has 0 radical (unpaired) electrons. The minimum Gasteiger partial charge on any atom is -0.378 e. The number of urea groups is 1. The van der Waals surface area contributed by atoms with Crippen LogP contribution >= 0.6 is 0 Å². The van der Waals surface area contributed by atoms with Crippen LogP contribution in [0.2, 0.25) is 0 Å². The van der Waals surface area contributed by atoms with Gasteiger partial charge in [0.2, 0.25) is 11.9 Å². The van der Waals surface area contributed by atoms with Crippen LogP contribution in [0.15, 0.2) is 36.7 Å². The zero-order chi connectivity index (χ0) is 26.1. The van der Waals surface area contributed by atoms with Crippen molar-refractivity contribution >= 4 is 35.1 Å². The lowest BCUT2D eigenvalue weighted by Gasteiger charge is -2.31. The molecule has 12 heteroatoms. The van der Waals surface area contributed by atoms with Gasteiger partial charge in [0.1, 0.15) is 5.82 Å². The maximum atomic E-state index is 13.9. The van der Waals surface area contributed by atoms with Crippen molar-refractivity contribution in [2.75, 3.05) is 91.5 Å². The van der Waals surface area contributed by atoms with Gasteiger partial charge >= 0.3 is 6.03 Å². The lowest BCUT2D eigenvalue weighted by Crippen LogP contribution is -2.41.